The SMILES string of the molecule is C[C@@H]1C=C[C@H](C)[C@@H]2[C@H]1n1c(=O)n(C)c(=O)n12. The lowest BCUT2D eigenvalue weighted by Crippen LogP contribution is -2.53. The lowest BCUT2D eigenvalue weighted by molar-refractivity contribution is 0.0552. The summed E-state index contributed by atoms with van der Waals surface area (Å²) in [6, 6.07) is 0.308. The Morgan fingerprint density at radius 3 is 1.69 bits per heavy atom. The van der Waals surface area contributed by atoms with E-state index in [9.17, 15) is 9.59 Å². The third-order valence-electron chi connectivity index (χ3n) is 3.91. The van der Waals surface area contributed by atoms with Crippen LogP contribution in [0.3, 0.4) is 0 Å². The highest BCUT2D eigenvalue weighted by molar-refractivity contribution is 5.11. The molecule has 5 heteroatoms. The molecule has 0 saturated carbocycles. The van der Waals surface area contributed by atoms with Gasteiger partial charge in [0.1, 0.15) is 0 Å². The molecule has 3 rings (SSSR count). The fourth-order valence-corrected chi connectivity index (χ4v) is 2.98. The van der Waals surface area contributed by atoms with E-state index in [-0.39, 0.29) is 23.5 Å². The van der Waals surface area contributed by atoms with Crippen LogP contribution in [-0.4, -0.2) is 13.9 Å². The van der Waals surface area contributed by atoms with Crippen molar-refractivity contribution in [2.45, 2.75) is 25.9 Å². The number of nitrogens with zero attached hydrogens (tertiary/aromatic N) is 3. The molecule has 0 bridgehead atoms. The average Bonchev–Trinajstić information content (AvgIpc) is 2.37. The van der Waals surface area contributed by atoms with Crippen molar-refractivity contribution in [1.82, 2.24) is 13.9 Å². The maximum absolute atomic E-state index is 11.8. The zero-order valence-corrected chi connectivity index (χ0v) is 9.62. The Hall–Kier alpha value is -1.52. The summed E-state index contributed by atoms with van der Waals surface area (Å²) in [5.41, 5.74) is -0.388. The van der Waals surface area contributed by atoms with Gasteiger partial charge in [-0.2, -0.15) is 0 Å². The van der Waals surface area contributed by atoms with Gasteiger partial charge in [0, 0.05) is 7.05 Å². The van der Waals surface area contributed by atoms with Crippen LogP contribution in [0.15, 0.2) is 21.7 Å². The van der Waals surface area contributed by atoms with Crippen LogP contribution in [0.4, 0.5) is 0 Å². The van der Waals surface area contributed by atoms with Gasteiger partial charge < -0.3 is 0 Å². The van der Waals surface area contributed by atoms with E-state index in [0.717, 1.165) is 0 Å². The van der Waals surface area contributed by atoms with Crippen molar-refractivity contribution >= 4 is 0 Å². The second-order valence-corrected chi connectivity index (χ2v) is 4.90. The molecule has 5 nitrogen and oxygen atoms in total. The van der Waals surface area contributed by atoms with Gasteiger partial charge in [0.2, 0.25) is 0 Å². The van der Waals surface area contributed by atoms with Gasteiger partial charge >= 0.3 is 11.4 Å². The van der Waals surface area contributed by atoms with Gasteiger partial charge in [-0.1, -0.05) is 26.0 Å². The zero-order valence-electron chi connectivity index (χ0n) is 9.62. The highest BCUT2D eigenvalue weighted by atomic mass is 16.2. The molecule has 1 aliphatic carbocycles. The minimum Gasteiger partial charge on any atom is -0.246 e. The first-order valence-corrected chi connectivity index (χ1v) is 5.62. The zero-order chi connectivity index (χ0) is 11.6. The summed E-state index contributed by atoms with van der Waals surface area (Å²) in [7, 11) is 1.54. The molecule has 0 saturated heterocycles. The molecule has 0 spiro atoms. The minimum atomic E-state index is -0.194. The van der Waals surface area contributed by atoms with Gasteiger partial charge in [-0.15, -0.1) is 0 Å². The third kappa shape index (κ3) is 0.870. The molecule has 0 aromatic carbocycles. The summed E-state index contributed by atoms with van der Waals surface area (Å²) < 4.78 is 4.41. The predicted molar refractivity (Wildman–Crippen MR) is 59.5 cm³/mol. The Balaban J connectivity index is 2.27. The molecule has 1 aromatic rings. The van der Waals surface area contributed by atoms with Crippen LogP contribution in [0.2, 0.25) is 0 Å². The fourth-order valence-electron chi connectivity index (χ4n) is 2.98. The average molecular weight is 221 g/mol. The van der Waals surface area contributed by atoms with Crippen molar-refractivity contribution in [3.63, 3.8) is 0 Å². The second-order valence-electron chi connectivity index (χ2n) is 4.90. The fraction of sp³-hybridized carbons (Fsp3) is 0.636. The van der Waals surface area contributed by atoms with Crippen molar-refractivity contribution in [3.05, 3.63) is 33.1 Å². The lowest BCUT2D eigenvalue weighted by atomic mass is 9.79. The first-order valence-electron chi connectivity index (χ1n) is 5.62. The van der Waals surface area contributed by atoms with E-state index < -0.39 is 0 Å². The maximum atomic E-state index is 11.8. The molecule has 1 aliphatic heterocycles. The van der Waals surface area contributed by atoms with Crippen molar-refractivity contribution in [1.29, 1.82) is 0 Å². The molecule has 86 valence electrons. The quantitative estimate of drug-likeness (QED) is 0.591. The van der Waals surface area contributed by atoms with Crippen molar-refractivity contribution in [2.75, 3.05) is 0 Å². The minimum absolute atomic E-state index is 0.154. The van der Waals surface area contributed by atoms with E-state index in [1.807, 2.05) is 0 Å². The lowest BCUT2D eigenvalue weighted by Gasteiger charge is -2.46. The third-order valence-corrected chi connectivity index (χ3v) is 3.91. The van der Waals surface area contributed by atoms with Crippen LogP contribution in [0.5, 0.6) is 0 Å². The number of hydrogen-bond acceptors (Lipinski definition) is 2. The predicted octanol–water partition coefficient (Wildman–Crippen LogP) is 0.286. The van der Waals surface area contributed by atoms with E-state index in [4.69, 9.17) is 0 Å². The summed E-state index contributed by atoms with van der Waals surface area (Å²) in [5, 5.41) is 0. The van der Waals surface area contributed by atoms with Gasteiger partial charge in [-0.25, -0.2) is 23.5 Å². The number of hydrogen-bond donors (Lipinski definition) is 0. The number of rotatable bonds is 0. The van der Waals surface area contributed by atoms with Crippen LogP contribution < -0.4 is 11.4 Å². The highest BCUT2D eigenvalue weighted by Crippen LogP contribution is 2.45. The molecule has 4 atom stereocenters. The number of aromatic nitrogens is 3. The highest BCUT2D eigenvalue weighted by Gasteiger charge is 2.47. The summed E-state index contributed by atoms with van der Waals surface area (Å²) >= 11 is 0. The number of allylic oxidation sites excluding steroid dienone is 2. The Morgan fingerprint density at radius 2 is 1.31 bits per heavy atom. The molecular formula is C11H15N3O2. The van der Waals surface area contributed by atoms with Crippen LogP contribution in [0, 0.1) is 11.8 Å². The summed E-state index contributed by atoms with van der Waals surface area (Å²) in [5.74, 6) is 0.640. The Labute approximate surface area is 92.6 Å². The van der Waals surface area contributed by atoms with Crippen molar-refractivity contribution in [2.24, 2.45) is 18.9 Å². The number of fused-ring (bicyclic) bond motifs is 4. The van der Waals surface area contributed by atoms with Gasteiger partial charge in [-0.3, -0.25) is 0 Å². The summed E-state index contributed by atoms with van der Waals surface area (Å²) in [6.07, 6.45) is 4.28. The van der Waals surface area contributed by atoms with Gasteiger partial charge in [0.25, 0.3) is 0 Å². The molecule has 0 unspecified atom stereocenters. The molecule has 0 amide bonds. The summed E-state index contributed by atoms with van der Waals surface area (Å²) in [6.45, 7) is 4.18. The van der Waals surface area contributed by atoms with Crippen molar-refractivity contribution < 1.29 is 0 Å². The Bertz CT molecular complexity index is 540. The Morgan fingerprint density at radius 1 is 0.938 bits per heavy atom. The molecule has 16 heavy (non-hydrogen) atoms. The van der Waals surface area contributed by atoms with E-state index >= 15 is 0 Å². The van der Waals surface area contributed by atoms with Crippen LogP contribution >= 0.6 is 0 Å². The van der Waals surface area contributed by atoms with Crippen LogP contribution in [0.25, 0.3) is 0 Å². The largest absolute Gasteiger partial charge is 0.347 e. The molecule has 0 N–H and O–H groups in total. The first kappa shape index (κ1) is 9.69. The van der Waals surface area contributed by atoms with E-state index in [2.05, 4.69) is 26.0 Å². The van der Waals surface area contributed by atoms with E-state index in [0.29, 0.717) is 11.8 Å². The first-order chi connectivity index (χ1) is 7.54. The second kappa shape index (κ2) is 2.78. The molecule has 1 aromatic heterocycles. The van der Waals surface area contributed by atoms with Gasteiger partial charge in [0.05, 0.1) is 12.1 Å². The molecule has 2 aliphatic rings. The molecule has 2 heterocycles. The van der Waals surface area contributed by atoms with E-state index in [1.54, 1.807) is 9.36 Å². The molecular weight excluding hydrogens is 206 g/mol. The van der Waals surface area contributed by atoms with E-state index in [1.165, 1.54) is 11.6 Å². The standard InChI is InChI=1S/C11H15N3O2/c1-6-4-5-7(2)9-8(6)13-10(15)12(3)11(16)14(9)13/h4-9H,1-3H3/t6-,7+,8+,9-. The monoisotopic (exact) mass is 221 g/mol. The topological polar surface area (TPSA) is 48.9 Å². The summed E-state index contributed by atoms with van der Waals surface area (Å²) in [4.78, 5) is 23.7. The molecule has 0 fully saturated rings. The van der Waals surface area contributed by atoms with Crippen LogP contribution in [0.1, 0.15) is 25.9 Å². The maximum Gasteiger partial charge on any atom is 0.347 e. The molecule has 0 radical (unpaired) electrons. The van der Waals surface area contributed by atoms with Gasteiger partial charge in [0.15, 0.2) is 0 Å². The van der Waals surface area contributed by atoms with Crippen molar-refractivity contribution in [3.8, 4) is 0 Å². The van der Waals surface area contributed by atoms with Crippen LogP contribution in [-0.2, 0) is 7.05 Å². The smallest absolute Gasteiger partial charge is 0.246 e. The Kier molecular flexibility index (Phi) is 1.68. The normalized spacial score (nSPS) is 35.4. The van der Waals surface area contributed by atoms with Gasteiger partial charge in [-0.05, 0) is 11.8 Å².